The Balaban J connectivity index is 2.19. The zero-order valence-corrected chi connectivity index (χ0v) is 11.5. The Morgan fingerprint density at radius 3 is 2.26 bits per heavy atom. The lowest BCUT2D eigenvalue weighted by Crippen LogP contribution is -2.37. The molecule has 0 spiro atoms. The lowest BCUT2D eigenvalue weighted by molar-refractivity contribution is 0.268. The number of nitriles is 2. The number of nitrogens with zero attached hydrogens (tertiary/aromatic N) is 2. The summed E-state index contributed by atoms with van der Waals surface area (Å²) in [6.45, 7) is 4.56. The molecule has 2 rings (SSSR count). The van der Waals surface area contributed by atoms with Gasteiger partial charge in [-0.25, -0.2) is 0 Å². The molecule has 0 heterocycles. The Hall–Kier alpha value is -2.00. The summed E-state index contributed by atoms with van der Waals surface area (Å²) in [5.41, 5.74) is 1.84. The van der Waals surface area contributed by atoms with Gasteiger partial charge in [0.15, 0.2) is 0 Å². The smallest absolute Gasteiger partial charge is 0.101 e. The third kappa shape index (κ3) is 2.88. The summed E-state index contributed by atoms with van der Waals surface area (Å²) in [4.78, 5) is 0. The maximum atomic E-state index is 9.05. The minimum atomic E-state index is 0.442. The van der Waals surface area contributed by atoms with E-state index in [0.717, 1.165) is 5.69 Å². The van der Waals surface area contributed by atoms with Gasteiger partial charge in [-0.15, -0.1) is 0 Å². The van der Waals surface area contributed by atoms with Gasteiger partial charge in [0.1, 0.15) is 12.1 Å². The predicted molar refractivity (Wildman–Crippen MR) is 75.5 cm³/mol. The molecular weight excluding hydrogens is 234 g/mol. The van der Waals surface area contributed by atoms with E-state index < -0.39 is 0 Å². The summed E-state index contributed by atoms with van der Waals surface area (Å²) in [5, 5.41) is 21.5. The molecule has 19 heavy (non-hydrogen) atoms. The molecule has 1 aromatic rings. The highest BCUT2D eigenvalue weighted by Crippen LogP contribution is 2.31. The Kier molecular flexibility index (Phi) is 4.07. The predicted octanol–water partition coefficient (Wildman–Crippen LogP) is 3.67. The molecule has 1 aromatic carbocycles. The monoisotopic (exact) mass is 253 g/mol. The standard InChI is InChI=1S/C16H19N3/c1-11-4-3-5-12(2)16(11)19-15-7-6-13(9-17)14(8-15)10-18/h6-8,11-12,16,19H,3-5H2,1-2H3. The number of benzene rings is 1. The van der Waals surface area contributed by atoms with Crippen LogP contribution >= 0.6 is 0 Å². The van der Waals surface area contributed by atoms with Gasteiger partial charge in [0.2, 0.25) is 0 Å². The molecule has 1 aliphatic rings. The van der Waals surface area contributed by atoms with Crippen LogP contribution in [0.4, 0.5) is 5.69 Å². The fourth-order valence-electron chi connectivity index (χ4n) is 2.98. The first kappa shape index (κ1) is 13.4. The van der Waals surface area contributed by atoms with Gasteiger partial charge in [-0.1, -0.05) is 20.3 Å². The van der Waals surface area contributed by atoms with Gasteiger partial charge >= 0.3 is 0 Å². The Labute approximate surface area is 114 Å². The van der Waals surface area contributed by atoms with E-state index in [0.29, 0.717) is 29.0 Å². The van der Waals surface area contributed by atoms with Crippen molar-refractivity contribution >= 4 is 5.69 Å². The summed E-state index contributed by atoms with van der Waals surface area (Å²) < 4.78 is 0. The van der Waals surface area contributed by atoms with E-state index in [1.807, 2.05) is 12.1 Å². The van der Waals surface area contributed by atoms with Gasteiger partial charge in [-0.3, -0.25) is 0 Å². The normalized spacial score (nSPS) is 26.2. The molecule has 0 bridgehead atoms. The zero-order chi connectivity index (χ0) is 13.8. The van der Waals surface area contributed by atoms with Crippen LogP contribution in [0, 0.1) is 34.5 Å². The molecule has 1 aliphatic carbocycles. The topological polar surface area (TPSA) is 59.6 Å². The number of hydrogen-bond acceptors (Lipinski definition) is 3. The van der Waals surface area contributed by atoms with Crippen LogP contribution in [0.3, 0.4) is 0 Å². The fraction of sp³-hybridized carbons (Fsp3) is 0.500. The fourth-order valence-corrected chi connectivity index (χ4v) is 2.98. The lowest BCUT2D eigenvalue weighted by Gasteiger charge is -2.36. The van der Waals surface area contributed by atoms with Crippen LogP contribution in [0.5, 0.6) is 0 Å². The highest BCUT2D eigenvalue weighted by molar-refractivity contribution is 5.56. The molecule has 1 N–H and O–H groups in total. The average molecular weight is 253 g/mol. The van der Waals surface area contributed by atoms with Crippen molar-refractivity contribution in [3.8, 4) is 12.1 Å². The molecule has 0 amide bonds. The molecule has 0 radical (unpaired) electrons. The molecule has 3 heteroatoms. The van der Waals surface area contributed by atoms with Crippen molar-refractivity contribution in [2.75, 3.05) is 5.32 Å². The second-order valence-corrected chi connectivity index (χ2v) is 5.54. The summed E-state index contributed by atoms with van der Waals surface area (Å²) in [5.74, 6) is 1.29. The van der Waals surface area contributed by atoms with E-state index in [2.05, 4.69) is 25.2 Å². The van der Waals surface area contributed by atoms with Crippen molar-refractivity contribution in [3.05, 3.63) is 29.3 Å². The average Bonchev–Trinajstić information content (AvgIpc) is 2.42. The maximum absolute atomic E-state index is 9.05. The number of nitrogens with one attached hydrogen (secondary N) is 1. The summed E-state index contributed by atoms with van der Waals surface area (Å²) in [7, 11) is 0. The van der Waals surface area contributed by atoms with E-state index >= 15 is 0 Å². The minimum Gasteiger partial charge on any atom is -0.382 e. The Morgan fingerprint density at radius 2 is 1.68 bits per heavy atom. The van der Waals surface area contributed by atoms with Gasteiger partial charge < -0.3 is 5.32 Å². The summed E-state index contributed by atoms with van der Waals surface area (Å²) in [6.07, 6.45) is 3.81. The summed E-state index contributed by atoms with van der Waals surface area (Å²) in [6, 6.07) is 9.98. The van der Waals surface area contributed by atoms with Crippen LogP contribution < -0.4 is 5.32 Å². The molecule has 0 saturated heterocycles. The molecule has 2 atom stereocenters. The minimum absolute atomic E-state index is 0.442. The molecule has 1 fully saturated rings. The first-order chi connectivity index (χ1) is 9.15. The van der Waals surface area contributed by atoms with Gasteiger partial charge in [0.05, 0.1) is 11.1 Å². The third-order valence-corrected chi connectivity index (χ3v) is 4.14. The van der Waals surface area contributed by atoms with E-state index in [1.54, 1.807) is 12.1 Å². The Bertz CT molecular complexity index is 526. The van der Waals surface area contributed by atoms with E-state index in [-0.39, 0.29) is 0 Å². The van der Waals surface area contributed by atoms with Gasteiger partial charge in [0.25, 0.3) is 0 Å². The van der Waals surface area contributed by atoms with Gasteiger partial charge in [-0.05, 0) is 42.9 Å². The third-order valence-electron chi connectivity index (χ3n) is 4.14. The number of anilines is 1. The van der Waals surface area contributed by atoms with Gasteiger partial charge in [-0.2, -0.15) is 10.5 Å². The molecule has 0 aliphatic heterocycles. The number of rotatable bonds is 2. The van der Waals surface area contributed by atoms with Crippen LogP contribution in [-0.2, 0) is 0 Å². The van der Waals surface area contributed by atoms with E-state index in [1.165, 1.54) is 19.3 Å². The summed E-state index contributed by atoms with van der Waals surface area (Å²) >= 11 is 0. The quantitative estimate of drug-likeness (QED) is 0.874. The van der Waals surface area contributed by atoms with Crippen molar-refractivity contribution in [3.63, 3.8) is 0 Å². The maximum Gasteiger partial charge on any atom is 0.101 e. The second kappa shape index (κ2) is 5.76. The van der Waals surface area contributed by atoms with Crippen molar-refractivity contribution in [2.24, 2.45) is 11.8 Å². The number of hydrogen-bond donors (Lipinski definition) is 1. The van der Waals surface area contributed by atoms with E-state index in [4.69, 9.17) is 10.5 Å². The highest BCUT2D eigenvalue weighted by Gasteiger charge is 2.27. The van der Waals surface area contributed by atoms with Gasteiger partial charge in [0, 0.05) is 11.7 Å². The van der Waals surface area contributed by atoms with Crippen LogP contribution in [0.15, 0.2) is 18.2 Å². The first-order valence-electron chi connectivity index (χ1n) is 6.86. The van der Waals surface area contributed by atoms with Crippen LogP contribution in [0.25, 0.3) is 0 Å². The lowest BCUT2D eigenvalue weighted by atomic mass is 9.78. The highest BCUT2D eigenvalue weighted by atomic mass is 14.9. The van der Waals surface area contributed by atoms with Crippen molar-refractivity contribution in [1.29, 1.82) is 10.5 Å². The molecule has 2 unspecified atom stereocenters. The SMILES string of the molecule is CC1CCCC(C)C1Nc1ccc(C#N)c(C#N)c1. The van der Waals surface area contributed by atoms with E-state index in [9.17, 15) is 0 Å². The van der Waals surface area contributed by atoms with Crippen LogP contribution in [0.2, 0.25) is 0 Å². The Morgan fingerprint density at radius 1 is 1.05 bits per heavy atom. The molecule has 0 aromatic heterocycles. The first-order valence-corrected chi connectivity index (χ1v) is 6.86. The van der Waals surface area contributed by atoms with Crippen molar-refractivity contribution in [1.82, 2.24) is 0 Å². The van der Waals surface area contributed by atoms with Crippen molar-refractivity contribution in [2.45, 2.75) is 39.2 Å². The molecule has 1 saturated carbocycles. The molecule has 3 nitrogen and oxygen atoms in total. The van der Waals surface area contributed by atoms with Crippen molar-refractivity contribution < 1.29 is 0 Å². The van der Waals surface area contributed by atoms with Crippen LogP contribution in [-0.4, -0.2) is 6.04 Å². The molecular formula is C16H19N3. The largest absolute Gasteiger partial charge is 0.382 e. The second-order valence-electron chi connectivity index (χ2n) is 5.54. The van der Waals surface area contributed by atoms with Crippen LogP contribution in [0.1, 0.15) is 44.2 Å². The zero-order valence-electron chi connectivity index (χ0n) is 11.5. The molecule has 98 valence electrons.